The summed E-state index contributed by atoms with van der Waals surface area (Å²) < 4.78 is 5.29. The van der Waals surface area contributed by atoms with Crippen molar-refractivity contribution in [2.75, 3.05) is 0 Å². The number of fused-ring (bicyclic) bond motifs is 3. The topological polar surface area (TPSA) is 79.6 Å². The number of benzene rings is 1. The summed E-state index contributed by atoms with van der Waals surface area (Å²) in [5, 5.41) is 5.64. The first kappa shape index (κ1) is 17.2. The first-order valence-electron chi connectivity index (χ1n) is 9.22. The van der Waals surface area contributed by atoms with E-state index in [-0.39, 0.29) is 12.5 Å². The highest BCUT2D eigenvalue weighted by Crippen LogP contribution is 2.42. The maximum absolute atomic E-state index is 13.4. The van der Waals surface area contributed by atoms with Gasteiger partial charge in [0.05, 0.1) is 6.54 Å². The number of urea groups is 1. The van der Waals surface area contributed by atoms with E-state index in [0.29, 0.717) is 17.6 Å². The molecule has 5 rings (SSSR count). The highest BCUT2D eigenvalue weighted by atomic mass is 32.1. The summed E-state index contributed by atoms with van der Waals surface area (Å²) in [4.78, 5) is 40.5. The summed E-state index contributed by atoms with van der Waals surface area (Å²) in [5.74, 6) is -0.245. The molecule has 142 valence electrons. The van der Waals surface area contributed by atoms with Crippen LogP contribution in [0.5, 0.6) is 0 Å². The van der Waals surface area contributed by atoms with E-state index in [9.17, 15) is 14.4 Å². The number of aryl methyl sites for hydroxylation is 2. The van der Waals surface area contributed by atoms with E-state index in [1.165, 1.54) is 11.0 Å². The number of carbonyl (C=O) groups is 2. The van der Waals surface area contributed by atoms with Crippen molar-refractivity contribution in [3.05, 3.63) is 67.7 Å². The van der Waals surface area contributed by atoms with Crippen molar-refractivity contribution in [3.63, 3.8) is 0 Å². The molecular weight excluding hydrogens is 376 g/mol. The van der Waals surface area contributed by atoms with E-state index in [4.69, 9.17) is 4.42 Å². The summed E-state index contributed by atoms with van der Waals surface area (Å²) in [6, 6.07) is 8.44. The Morgan fingerprint density at radius 3 is 2.93 bits per heavy atom. The van der Waals surface area contributed by atoms with E-state index in [0.717, 1.165) is 34.2 Å². The van der Waals surface area contributed by atoms with Gasteiger partial charge in [-0.3, -0.25) is 9.69 Å². The quantitative estimate of drug-likeness (QED) is 0.533. The summed E-state index contributed by atoms with van der Waals surface area (Å²) in [5.41, 5.74) is 1.48. The maximum atomic E-state index is 13.4. The van der Waals surface area contributed by atoms with Gasteiger partial charge in [0.2, 0.25) is 0 Å². The van der Waals surface area contributed by atoms with E-state index in [1.54, 1.807) is 17.4 Å². The number of hydrogen-bond acceptors (Lipinski definition) is 5. The number of nitrogens with one attached hydrogen (secondary N) is 1. The zero-order valence-corrected chi connectivity index (χ0v) is 16.1. The molecule has 1 N–H and O–H groups in total. The van der Waals surface area contributed by atoms with E-state index in [1.807, 2.05) is 30.5 Å². The molecule has 1 aliphatic carbocycles. The third kappa shape index (κ3) is 2.43. The third-order valence-electron chi connectivity index (χ3n) is 5.65. The Hall–Kier alpha value is -2.93. The van der Waals surface area contributed by atoms with Crippen LogP contribution < -0.4 is 10.9 Å². The lowest BCUT2D eigenvalue weighted by Gasteiger charge is -2.31. The van der Waals surface area contributed by atoms with Gasteiger partial charge >= 0.3 is 11.7 Å². The standard InChI is InChI=1S/C21H18N2O4S/c1-12-4-5-14-13(10-18(24)27-16(14)9-12)11-23-19(25)21(22-20(23)26)7-2-3-17-15(21)6-8-28-17/h4-6,8-10H,2-3,7,11H2,1H3,(H,22,26). The number of thiophene rings is 1. The smallest absolute Gasteiger partial charge is 0.336 e. The SMILES string of the molecule is Cc1ccc2c(CN3C(=O)NC4(CCCc5sccc54)C3=O)cc(=O)oc2c1. The lowest BCUT2D eigenvalue weighted by atomic mass is 9.80. The van der Waals surface area contributed by atoms with Crippen LogP contribution in [0, 0.1) is 6.92 Å². The fourth-order valence-corrected chi connectivity index (χ4v) is 5.32. The van der Waals surface area contributed by atoms with Gasteiger partial charge in [0.15, 0.2) is 0 Å². The Labute approximate surface area is 164 Å². The summed E-state index contributed by atoms with van der Waals surface area (Å²) in [6.45, 7) is 1.95. The van der Waals surface area contributed by atoms with Crippen molar-refractivity contribution in [1.29, 1.82) is 0 Å². The summed E-state index contributed by atoms with van der Waals surface area (Å²) in [7, 11) is 0. The zero-order valence-electron chi connectivity index (χ0n) is 15.3. The second kappa shape index (κ2) is 6.04. The van der Waals surface area contributed by atoms with Crippen LogP contribution in [-0.2, 0) is 23.3 Å². The first-order chi connectivity index (χ1) is 13.5. The number of amides is 3. The Morgan fingerprint density at radius 1 is 1.21 bits per heavy atom. The Balaban J connectivity index is 1.56. The van der Waals surface area contributed by atoms with E-state index >= 15 is 0 Å². The molecule has 3 heterocycles. The molecule has 0 radical (unpaired) electrons. The molecule has 6 nitrogen and oxygen atoms in total. The van der Waals surface area contributed by atoms with Crippen LogP contribution >= 0.6 is 11.3 Å². The molecule has 0 bridgehead atoms. The first-order valence-corrected chi connectivity index (χ1v) is 10.1. The molecule has 1 aromatic carbocycles. The highest BCUT2D eigenvalue weighted by molar-refractivity contribution is 7.10. The molecule has 7 heteroatoms. The molecule has 2 aromatic heterocycles. The van der Waals surface area contributed by atoms with Crippen molar-refractivity contribution in [2.45, 2.75) is 38.3 Å². The molecule has 1 fully saturated rings. The average molecular weight is 394 g/mol. The van der Waals surface area contributed by atoms with Crippen LogP contribution in [-0.4, -0.2) is 16.8 Å². The fraction of sp³-hybridized carbons (Fsp3) is 0.286. The van der Waals surface area contributed by atoms with Crippen molar-refractivity contribution < 1.29 is 14.0 Å². The molecular formula is C21H18N2O4S. The van der Waals surface area contributed by atoms with Crippen LogP contribution in [0.4, 0.5) is 4.79 Å². The normalized spacial score (nSPS) is 21.4. The maximum Gasteiger partial charge on any atom is 0.336 e. The molecule has 3 aromatic rings. The van der Waals surface area contributed by atoms with Crippen LogP contribution in [0.2, 0.25) is 0 Å². The molecule has 28 heavy (non-hydrogen) atoms. The van der Waals surface area contributed by atoms with Crippen LogP contribution in [0.15, 0.2) is 44.9 Å². The number of carbonyl (C=O) groups excluding carboxylic acids is 2. The number of nitrogens with zero attached hydrogens (tertiary/aromatic N) is 1. The molecule has 1 unspecified atom stereocenters. The predicted molar refractivity (Wildman–Crippen MR) is 105 cm³/mol. The van der Waals surface area contributed by atoms with E-state index < -0.39 is 17.2 Å². The second-order valence-electron chi connectivity index (χ2n) is 7.43. The minimum atomic E-state index is -0.976. The van der Waals surface area contributed by atoms with E-state index in [2.05, 4.69) is 5.32 Å². The third-order valence-corrected chi connectivity index (χ3v) is 6.63. The monoisotopic (exact) mass is 394 g/mol. The molecule has 1 saturated heterocycles. The van der Waals surface area contributed by atoms with Crippen molar-refractivity contribution in [2.24, 2.45) is 0 Å². The lowest BCUT2D eigenvalue weighted by molar-refractivity contribution is -0.132. The van der Waals surface area contributed by atoms with Crippen LogP contribution in [0.1, 0.15) is 34.4 Å². The van der Waals surface area contributed by atoms with Gasteiger partial charge in [-0.2, -0.15) is 0 Å². The summed E-state index contributed by atoms with van der Waals surface area (Å²) in [6.07, 6.45) is 2.38. The number of hydrogen-bond donors (Lipinski definition) is 1. The lowest BCUT2D eigenvalue weighted by Crippen LogP contribution is -2.46. The Morgan fingerprint density at radius 2 is 2.07 bits per heavy atom. The molecule has 1 spiro atoms. The Bertz CT molecular complexity index is 1190. The minimum Gasteiger partial charge on any atom is -0.423 e. The highest BCUT2D eigenvalue weighted by Gasteiger charge is 2.54. The number of rotatable bonds is 2. The van der Waals surface area contributed by atoms with Gasteiger partial charge < -0.3 is 9.73 Å². The van der Waals surface area contributed by atoms with Crippen LogP contribution in [0.25, 0.3) is 11.0 Å². The minimum absolute atomic E-state index is 0.0387. The van der Waals surface area contributed by atoms with Gasteiger partial charge in [0.25, 0.3) is 5.91 Å². The predicted octanol–water partition coefficient (Wildman–Crippen LogP) is 3.45. The van der Waals surface area contributed by atoms with Crippen molar-refractivity contribution >= 4 is 34.2 Å². The van der Waals surface area contributed by atoms with Gasteiger partial charge in [-0.25, -0.2) is 9.59 Å². The summed E-state index contributed by atoms with van der Waals surface area (Å²) >= 11 is 1.62. The van der Waals surface area contributed by atoms with Crippen molar-refractivity contribution in [1.82, 2.24) is 10.2 Å². The number of imide groups is 1. The zero-order chi connectivity index (χ0) is 19.5. The fourth-order valence-electron chi connectivity index (χ4n) is 4.32. The molecule has 1 aliphatic heterocycles. The molecule has 3 amide bonds. The second-order valence-corrected chi connectivity index (χ2v) is 8.43. The van der Waals surface area contributed by atoms with Gasteiger partial charge in [0, 0.05) is 21.9 Å². The van der Waals surface area contributed by atoms with Gasteiger partial charge in [0.1, 0.15) is 11.1 Å². The van der Waals surface area contributed by atoms with Crippen LogP contribution in [0.3, 0.4) is 0 Å². The molecule has 0 saturated carbocycles. The Kier molecular flexibility index (Phi) is 3.71. The molecule has 2 aliphatic rings. The average Bonchev–Trinajstić information content (AvgIpc) is 3.22. The largest absolute Gasteiger partial charge is 0.423 e. The molecule has 1 atom stereocenters. The van der Waals surface area contributed by atoms with Gasteiger partial charge in [-0.1, -0.05) is 12.1 Å². The van der Waals surface area contributed by atoms with Crippen molar-refractivity contribution in [3.8, 4) is 0 Å². The van der Waals surface area contributed by atoms with Gasteiger partial charge in [-0.05, 0) is 54.8 Å². The van der Waals surface area contributed by atoms with Gasteiger partial charge in [-0.15, -0.1) is 11.3 Å².